The van der Waals surface area contributed by atoms with Crippen LogP contribution < -0.4 is 11.1 Å². The fourth-order valence-corrected chi connectivity index (χ4v) is 1.83. The molecule has 2 unspecified atom stereocenters. The SMILES string of the molecule is CCCC(C)(N)CNC1CC1(C)C. The van der Waals surface area contributed by atoms with E-state index in [1.165, 1.54) is 12.8 Å². The molecule has 0 spiro atoms. The van der Waals surface area contributed by atoms with E-state index in [9.17, 15) is 0 Å². The van der Waals surface area contributed by atoms with Crippen LogP contribution in [0.5, 0.6) is 0 Å². The molecule has 1 aliphatic carbocycles. The lowest BCUT2D eigenvalue weighted by Gasteiger charge is -2.24. The van der Waals surface area contributed by atoms with E-state index in [2.05, 4.69) is 33.0 Å². The van der Waals surface area contributed by atoms with Gasteiger partial charge in [-0.25, -0.2) is 0 Å². The summed E-state index contributed by atoms with van der Waals surface area (Å²) in [6.45, 7) is 9.89. The summed E-state index contributed by atoms with van der Waals surface area (Å²) in [5.74, 6) is 0. The largest absolute Gasteiger partial charge is 0.324 e. The third-order valence-electron chi connectivity index (χ3n) is 3.09. The first-order chi connectivity index (χ1) is 5.87. The molecule has 0 aromatic carbocycles. The van der Waals surface area contributed by atoms with Gasteiger partial charge in [-0.15, -0.1) is 0 Å². The molecule has 3 N–H and O–H groups in total. The van der Waals surface area contributed by atoms with Crippen LogP contribution in [0, 0.1) is 5.41 Å². The molecular formula is C11H24N2. The van der Waals surface area contributed by atoms with Gasteiger partial charge in [-0.3, -0.25) is 0 Å². The molecule has 2 atom stereocenters. The molecule has 1 saturated carbocycles. The Bertz CT molecular complexity index is 173. The van der Waals surface area contributed by atoms with Crippen molar-refractivity contribution in [2.24, 2.45) is 11.1 Å². The molecule has 0 heterocycles. The van der Waals surface area contributed by atoms with Crippen LogP contribution in [0.15, 0.2) is 0 Å². The highest BCUT2D eigenvalue weighted by molar-refractivity contribution is 5.02. The van der Waals surface area contributed by atoms with Crippen LogP contribution >= 0.6 is 0 Å². The second-order valence-electron chi connectivity index (χ2n) is 5.53. The molecule has 13 heavy (non-hydrogen) atoms. The van der Waals surface area contributed by atoms with E-state index in [4.69, 9.17) is 5.73 Å². The highest BCUT2D eigenvalue weighted by atomic mass is 15.0. The van der Waals surface area contributed by atoms with Crippen molar-refractivity contribution in [3.8, 4) is 0 Å². The summed E-state index contributed by atoms with van der Waals surface area (Å²) >= 11 is 0. The van der Waals surface area contributed by atoms with E-state index in [0.29, 0.717) is 11.5 Å². The molecule has 0 aliphatic heterocycles. The van der Waals surface area contributed by atoms with Gasteiger partial charge in [0.25, 0.3) is 0 Å². The lowest BCUT2D eigenvalue weighted by atomic mass is 9.97. The molecule has 1 rings (SSSR count). The van der Waals surface area contributed by atoms with Crippen molar-refractivity contribution in [1.29, 1.82) is 0 Å². The van der Waals surface area contributed by atoms with E-state index < -0.39 is 0 Å². The molecule has 0 aromatic heterocycles. The molecule has 1 fully saturated rings. The Morgan fingerprint density at radius 1 is 1.54 bits per heavy atom. The number of nitrogens with one attached hydrogen (secondary N) is 1. The van der Waals surface area contributed by atoms with Crippen molar-refractivity contribution >= 4 is 0 Å². The smallest absolute Gasteiger partial charge is 0.0252 e. The van der Waals surface area contributed by atoms with E-state index in [1.54, 1.807) is 0 Å². The van der Waals surface area contributed by atoms with Crippen LogP contribution in [0.25, 0.3) is 0 Å². The minimum atomic E-state index is -0.0204. The van der Waals surface area contributed by atoms with Crippen molar-refractivity contribution < 1.29 is 0 Å². The first kappa shape index (κ1) is 11.0. The average molecular weight is 184 g/mol. The van der Waals surface area contributed by atoms with Gasteiger partial charge in [0.2, 0.25) is 0 Å². The first-order valence-corrected chi connectivity index (χ1v) is 5.40. The maximum atomic E-state index is 6.13. The molecule has 78 valence electrons. The van der Waals surface area contributed by atoms with E-state index >= 15 is 0 Å². The zero-order chi connectivity index (χ0) is 10.1. The summed E-state index contributed by atoms with van der Waals surface area (Å²) in [6.07, 6.45) is 3.57. The van der Waals surface area contributed by atoms with Crippen LogP contribution in [-0.4, -0.2) is 18.1 Å². The zero-order valence-electron chi connectivity index (χ0n) is 9.48. The van der Waals surface area contributed by atoms with Crippen LogP contribution in [0.4, 0.5) is 0 Å². The summed E-state index contributed by atoms with van der Waals surface area (Å²) < 4.78 is 0. The third-order valence-corrected chi connectivity index (χ3v) is 3.09. The van der Waals surface area contributed by atoms with Crippen LogP contribution in [-0.2, 0) is 0 Å². The molecular weight excluding hydrogens is 160 g/mol. The number of rotatable bonds is 5. The lowest BCUT2D eigenvalue weighted by molar-refractivity contribution is 0.383. The Kier molecular flexibility index (Phi) is 3.03. The molecule has 2 nitrogen and oxygen atoms in total. The number of hydrogen-bond donors (Lipinski definition) is 2. The van der Waals surface area contributed by atoms with Crippen molar-refractivity contribution in [3.63, 3.8) is 0 Å². The third kappa shape index (κ3) is 3.28. The molecule has 0 bridgehead atoms. The van der Waals surface area contributed by atoms with Crippen molar-refractivity contribution in [2.45, 2.75) is 58.5 Å². The summed E-state index contributed by atoms with van der Waals surface area (Å²) in [5.41, 5.74) is 6.63. The number of nitrogens with two attached hydrogens (primary N) is 1. The molecule has 1 aliphatic rings. The van der Waals surface area contributed by atoms with Gasteiger partial charge in [-0.1, -0.05) is 27.2 Å². The van der Waals surface area contributed by atoms with Crippen LogP contribution in [0.1, 0.15) is 47.0 Å². The van der Waals surface area contributed by atoms with Gasteiger partial charge >= 0.3 is 0 Å². The Hall–Kier alpha value is -0.0800. The fraction of sp³-hybridized carbons (Fsp3) is 1.00. The molecule has 0 saturated heterocycles. The van der Waals surface area contributed by atoms with Gasteiger partial charge in [0.05, 0.1) is 0 Å². The van der Waals surface area contributed by atoms with Crippen LogP contribution in [0.3, 0.4) is 0 Å². The quantitative estimate of drug-likeness (QED) is 0.685. The molecule has 2 heteroatoms. The summed E-state index contributed by atoms with van der Waals surface area (Å²) in [6, 6.07) is 0.701. The van der Waals surface area contributed by atoms with Gasteiger partial charge in [-0.05, 0) is 25.2 Å². The van der Waals surface area contributed by atoms with E-state index in [1.807, 2.05) is 0 Å². The molecule has 0 amide bonds. The molecule has 0 aromatic rings. The minimum Gasteiger partial charge on any atom is -0.324 e. The highest BCUT2D eigenvalue weighted by Crippen LogP contribution is 2.44. The Morgan fingerprint density at radius 2 is 2.08 bits per heavy atom. The second kappa shape index (κ2) is 3.58. The van der Waals surface area contributed by atoms with Gasteiger partial charge in [0, 0.05) is 18.1 Å². The predicted octanol–water partition coefficient (Wildman–Crippen LogP) is 1.89. The fourth-order valence-electron chi connectivity index (χ4n) is 1.83. The number of hydrogen-bond acceptors (Lipinski definition) is 2. The zero-order valence-corrected chi connectivity index (χ0v) is 9.48. The Balaban J connectivity index is 2.19. The normalized spacial score (nSPS) is 29.8. The van der Waals surface area contributed by atoms with Crippen molar-refractivity contribution in [2.75, 3.05) is 6.54 Å². The van der Waals surface area contributed by atoms with Gasteiger partial charge in [-0.2, -0.15) is 0 Å². The van der Waals surface area contributed by atoms with Crippen molar-refractivity contribution in [1.82, 2.24) is 5.32 Å². The summed E-state index contributed by atoms with van der Waals surface area (Å²) in [5, 5.41) is 3.55. The van der Waals surface area contributed by atoms with E-state index in [-0.39, 0.29) is 5.54 Å². The highest BCUT2D eigenvalue weighted by Gasteiger charge is 2.45. The maximum Gasteiger partial charge on any atom is 0.0252 e. The van der Waals surface area contributed by atoms with Gasteiger partial charge < -0.3 is 11.1 Å². The average Bonchev–Trinajstić information content (AvgIpc) is 2.55. The predicted molar refractivity (Wildman–Crippen MR) is 57.7 cm³/mol. The maximum absolute atomic E-state index is 6.13. The van der Waals surface area contributed by atoms with Crippen LogP contribution in [0.2, 0.25) is 0 Å². The lowest BCUT2D eigenvalue weighted by Crippen LogP contribution is -2.47. The summed E-state index contributed by atoms with van der Waals surface area (Å²) in [4.78, 5) is 0. The summed E-state index contributed by atoms with van der Waals surface area (Å²) in [7, 11) is 0. The monoisotopic (exact) mass is 184 g/mol. The second-order valence-corrected chi connectivity index (χ2v) is 5.53. The Morgan fingerprint density at radius 3 is 2.46 bits per heavy atom. The van der Waals surface area contributed by atoms with Crippen molar-refractivity contribution in [3.05, 3.63) is 0 Å². The minimum absolute atomic E-state index is 0.0204. The topological polar surface area (TPSA) is 38.0 Å². The Labute approximate surface area is 82.3 Å². The van der Waals surface area contributed by atoms with E-state index in [0.717, 1.165) is 13.0 Å². The standard InChI is InChI=1S/C11H24N2/c1-5-6-11(4,12)8-13-9-7-10(9,2)3/h9,13H,5-8,12H2,1-4H3. The molecule has 0 radical (unpaired) electrons. The first-order valence-electron chi connectivity index (χ1n) is 5.40. The van der Waals surface area contributed by atoms with Gasteiger partial charge in [0.15, 0.2) is 0 Å². The van der Waals surface area contributed by atoms with Gasteiger partial charge in [0.1, 0.15) is 0 Å².